The molecule has 0 unspecified atom stereocenters. The lowest BCUT2D eigenvalue weighted by Crippen LogP contribution is -2.46. The zero-order valence-electron chi connectivity index (χ0n) is 14.0. The quantitative estimate of drug-likeness (QED) is 0.598. The first-order chi connectivity index (χ1) is 11.6. The van der Waals surface area contributed by atoms with E-state index in [1.165, 1.54) is 0 Å². The molecule has 0 saturated carbocycles. The second kappa shape index (κ2) is 7.71. The van der Waals surface area contributed by atoms with Gasteiger partial charge in [-0.15, -0.1) is 6.42 Å². The Kier molecular flexibility index (Phi) is 5.62. The van der Waals surface area contributed by atoms with Crippen LogP contribution in [0.15, 0.2) is 18.2 Å². The van der Waals surface area contributed by atoms with Crippen LogP contribution in [0.1, 0.15) is 13.3 Å². The second-order valence-corrected chi connectivity index (χ2v) is 7.04. The number of nitrogens with zero attached hydrogens (tertiary/aromatic N) is 4. The van der Waals surface area contributed by atoms with Crippen molar-refractivity contribution in [2.45, 2.75) is 26.6 Å². The molecule has 0 atom stereocenters. The Labute approximate surface area is 153 Å². The highest BCUT2D eigenvalue weighted by molar-refractivity contribution is 7.71. The number of fused-ring (bicyclic) bond motifs is 1. The largest absolute Gasteiger partial charge is 0.317 e. The molecule has 3 rings (SSSR count). The first kappa shape index (κ1) is 17.5. The Bertz CT molecular complexity index is 809. The second-order valence-electron chi connectivity index (χ2n) is 6.24. The molecule has 24 heavy (non-hydrogen) atoms. The van der Waals surface area contributed by atoms with Crippen LogP contribution in [0.2, 0.25) is 5.02 Å². The maximum absolute atomic E-state index is 6.23. The number of piperazine rings is 1. The third kappa shape index (κ3) is 3.52. The van der Waals surface area contributed by atoms with Crippen LogP contribution in [0, 0.1) is 17.1 Å². The van der Waals surface area contributed by atoms with E-state index in [-0.39, 0.29) is 0 Å². The molecule has 0 aliphatic carbocycles. The van der Waals surface area contributed by atoms with Crippen LogP contribution in [0.3, 0.4) is 0 Å². The highest BCUT2D eigenvalue weighted by Gasteiger charge is 2.18. The van der Waals surface area contributed by atoms with Gasteiger partial charge in [-0.05, 0) is 36.8 Å². The van der Waals surface area contributed by atoms with Gasteiger partial charge in [0.25, 0.3) is 0 Å². The highest BCUT2D eigenvalue weighted by Crippen LogP contribution is 2.23. The number of aromatic nitrogens is 2. The Balaban J connectivity index is 1.87. The summed E-state index contributed by atoms with van der Waals surface area (Å²) in [6.45, 7) is 8.66. The third-order valence-corrected chi connectivity index (χ3v) is 5.23. The van der Waals surface area contributed by atoms with Gasteiger partial charge in [0.05, 0.1) is 24.2 Å². The number of hydrogen-bond donors (Lipinski definition) is 0. The maximum atomic E-state index is 6.23. The van der Waals surface area contributed by atoms with Crippen molar-refractivity contribution >= 4 is 34.9 Å². The minimum atomic E-state index is 0.735. The number of aryl methyl sites for hydroxylation is 1. The molecule has 1 aliphatic rings. The number of benzene rings is 1. The zero-order chi connectivity index (χ0) is 17.1. The van der Waals surface area contributed by atoms with Crippen molar-refractivity contribution < 1.29 is 0 Å². The van der Waals surface area contributed by atoms with E-state index in [9.17, 15) is 0 Å². The fraction of sp³-hybridized carbons (Fsp3) is 0.500. The number of halogens is 1. The predicted octanol–water partition coefficient (Wildman–Crippen LogP) is 3.44. The molecule has 0 spiro atoms. The number of imidazole rings is 1. The molecular formula is C18H23ClN4S. The standard InChI is InChI=1S/C18H23ClN4S/c1-3-7-20-9-11-21(12-10-20)14-23-17-13-15(19)5-6-16(17)22(8-4-2)18(23)24/h1,5-6,13H,4,7-12,14H2,2H3. The van der Waals surface area contributed by atoms with Gasteiger partial charge in [0, 0.05) is 37.7 Å². The summed E-state index contributed by atoms with van der Waals surface area (Å²) in [6.07, 6.45) is 6.46. The summed E-state index contributed by atoms with van der Waals surface area (Å²) in [5.41, 5.74) is 2.28. The van der Waals surface area contributed by atoms with Crippen molar-refractivity contribution in [3.63, 3.8) is 0 Å². The van der Waals surface area contributed by atoms with Crippen LogP contribution in [-0.2, 0) is 13.2 Å². The van der Waals surface area contributed by atoms with Crippen LogP contribution < -0.4 is 0 Å². The van der Waals surface area contributed by atoms with Gasteiger partial charge in [-0.3, -0.25) is 9.80 Å². The average Bonchev–Trinajstić information content (AvgIpc) is 2.82. The Hall–Kier alpha value is -1.32. The Morgan fingerprint density at radius 2 is 1.83 bits per heavy atom. The Morgan fingerprint density at radius 3 is 2.50 bits per heavy atom. The van der Waals surface area contributed by atoms with Gasteiger partial charge in [0.15, 0.2) is 4.77 Å². The minimum absolute atomic E-state index is 0.735. The highest BCUT2D eigenvalue weighted by atomic mass is 35.5. The smallest absolute Gasteiger partial charge is 0.181 e. The van der Waals surface area contributed by atoms with E-state index in [4.69, 9.17) is 30.2 Å². The van der Waals surface area contributed by atoms with Crippen molar-refractivity contribution in [1.82, 2.24) is 18.9 Å². The summed E-state index contributed by atoms with van der Waals surface area (Å²) in [5.74, 6) is 2.73. The van der Waals surface area contributed by atoms with Crippen molar-refractivity contribution in [2.24, 2.45) is 0 Å². The average molecular weight is 363 g/mol. The van der Waals surface area contributed by atoms with Crippen molar-refractivity contribution in [3.05, 3.63) is 28.0 Å². The molecule has 2 heterocycles. The van der Waals surface area contributed by atoms with E-state index < -0.39 is 0 Å². The summed E-state index contributed by atoms with van der Waals surface area (Å²) in [5, 5.41) is 0.749. The summed E-state index contributed by atoms with van der Waals surface area (Å²) in [7, 11) is 0. The first-order valence-electron chi connectivity index (χ1n) is 8.40. The van der Waals surface area contributed by atoms with E-state index in [0.717, 1.165) is 73.2 Å². The summed E-state index contributed by atoms with van der Waals surface area (Å²) < 4.78 is 5.30. The number of terminal acetylenes is 1. The molecule has 0 N–H and O–H groups in total. The molecule has 4 nitrogen and oxygen atoms in total. The zero-order valence-corrected chi connectivity index (χ0v) is 15.6. The van der Waals surface area contributed by atoms with Gasteiger partial charge in [-0.2, -0.15) is 0 Å². The van der Waals surface area contributed by atoms with E-state index in [1.54, 1.807) is 0 Å². The SMILES string of the molecule is C#CCN1CCN(Cn2c(=S)n(CCC)c3ccc(Cl)cc32)CC1. The van der Waals surface area contributed by atoms with Gasteiger partial charge < -0.3 is 9.13 Å². The third-order valence-electron chi connectivity index (χ3n) is 4.55. The minimum Gasteiger partial charge on any atom is -0.317 e. The fourth-order valence-corrected chi connectivity index (χ4v) is 3.80. The van der Waals surface area contributed by atoms with Gasteiger partial charge in [0.1, 0.15) is 0 Å². The van der Waals surface area contributed by atoms with Crippen molar-refractivity contribution in [1.29, 1.82) is 0 Å². The van der Waals surface area contributed by atoms with Gasteiger partial charge in [-0.25, -0.2) is 0 Å². The predicted molar refractivity (Wildman–Crippen MR) is 103 cm³/mol. The van der Waals surface area contributed by atoms with Crippen molar-refractivity contribution in [2.75, 3.05) is 32.7 Å². The van der Waals surface area contributed by atoms with Crippen LogP contribution in [0.25, 0.3) is 11.0 Å². The normalized spacial score (nSPS) is 16.5. The topological polar surface area (TPSA) is 16.3 Å². The van der Waals surface area contributed by atoms with Gasteiger partial charge in [-0.1, -0.05) is 24.4 Å². The van der Waals surface area contributed by atoms with Crippen LogP contribution >= 0.6 is 23.8 Å². The molecule has 0 radical (unpaired) electrons. The molecule has 0 bridgehead atoms. The lowest BCUT2D eigenvalue weighted by Gasteiger charge is -2.33. The fourth-order valence-electron chi connectivity index (χ4n) is 3.29. The first-order valence-corrected chi connectivity index (χ1v) is 9.19. The van der Waals surface area contributed by atoms with E-state index >= 15 is 0 Å². The number of rotatable bonds is 5. The lowest BCUT2D eigenvalue weighted by atomic mass is 10.3. The maximum Gasteiger partial charge on any atom is 0.181 e. The molecule has 6 heteroatoms. The summed E-state index contributed by atoms with van der Waals surface area (Å²) in [6, 6.07) is 6.03. The van der Waals surface area contributed by atoms with Crippen LogP contribution in [-0.4, -0.2) is 51.7 Å². The summed E-state index contributed by atoms with van der Waals surface area (Å²) in [4.78, 5) is 4.74. The van der Waals surface area contributed by atoms with E-state index in [1.807, 2.05) is 12.1 Å². The summed E-state index contributed by atoms with van der Waals surface area (Å²) >= 11 is 12.0. The molecule has 1 aromatic heterocycles. The molecule has 1 aliphatic heterocycles. The molecule has 1 fully saturated rings. The van der Waals surface area contributed by atoms with Crippen LogP contribution in [0.5, 0.6) is 0 Å². The monoisotopic (exact) mass is 362 g/mol. The molecule has 128 valence electrons. The molecule has 2 aromatic rings. The van der Waals surface area contributed by atoms with E-state index in [0.29, 0.717) is 0 Å². The van der Waals surface area contributed by atoms with E-state index in [2.05, 4.69) is 37.8 Å². The molecular weight excluding hydrogens is 340 g/mol. The lowest BCUT2D eigenvalue weighted by molar-refractivity contribution is 0.117. The molecule has 1 aromatic carbocycles. The van der Waals surface area contributed by atoms with Gasteiger partial charge >= 0.3 is 0 Å². The van der Waals surface area contributed by atoms with Gasteiger partial charge in [0.2, 0.25) is 0 Å². The van der Waals surface area contributed by atoms with Crippen LogP contribution in [0.4, 0.5) is 0 Å². The van der Waals surface area contributed by atoms with Crippen molar-refractivity contribution in [3.8, 4) is 12.3 Å². The molecule has 0 amide bonds. The Morgan fingerprint density at radius 1 is 1.12 bits per heavy atom. The number of hydrogen-bond acceptors (Lipinski definition) is 3. The molecule has 1 saturated heterocycles.